The molecule has 0 spiro atoms. The van der Waals surface area contributed by atoms with E-state index < -0.39 is 0 Å². The molecule has 0 radical (unpaired) electrons. The van der Waals surface area contributed by atoms with Crippen LogP contribution in [0.25, 0.3) is 11.0 Å². The fourth-order valence-electron chi connectivity index (χ4n) is 5.17. The molecule has 1 unspecified atom stereocenters. The maximum absolute atomic E-state index is 4.61. The Kier molecular flexibility index (Phi) is 4.62. The van der Waals surface area contributed by atoms with Crippen molar-refractivity contribution in [3.63, 3.8) is 0 Å². The highest BCUT2D eigenvalue weighted by atomic mass is 15.4. The van der Waals surface area contributed by atoms with E-state index in [0.29, 0.717) is 6.04 Å². The van der Waals surface area contributed by atoms with Crippen LogP contribution in [0.15, 0.2) is 122 Å². The summed E-state index contributed by atoms with van der Waals surface area (Å²) in [6.45, 7) is 1.96. The van der Waals surface area contributed by atoms with Crippen molar-refractivity contribution in [2.24, 2.45) is 0 Å². The molecule has 1 aliphatic rings. The maximum atomic E-state index is 4.61. The molecule has 0 N–H and O–H groups in total. The molecule has 2 atom stereocenters. The fourth-order valence-corrected chi connectivity index (χ4v) is 5.17. The highest BCUT2D eigenvalue weighted by Crippen LogP contribution is 2.48. The van der Waals surface area contributed by atoms with Gasteiger partial charge in [0, 0.05) is 19.1 Å². The highest BCUT2D eigenvalue weighted by molar-refractivity contribution is 5.75. The molecule has 3 nitrogen and oxygen atoms in total. The molecule has 1 saturated heterocycles. The van der Waals surface area contributed by atoms with E-state index >= 15 is 0 Å². The number of aromatic nitrogens is 2. The van der Waals surface area contributed by atoms with Gasteiger partial charge in [0.25, 0.3) is 0 Å². The van der Waals surface area contributed by atoms with E-state index in [-0.39, 0.29) is 5.54 Å². The Morgan fingerprint density at radius 1 is 0.656 bits per heavy atom. The van der Waals surface area contributed by atoms with Crippen molar-refractivity contribution in [2.75, 3.05) is 6.54 Å². The second-order valence-corrected chi connectivity index (χ2v) is 8.50. The van der Waals surface area contributed by atoms with Crippen LogP contribution in [0, 0.1) is 0 Å². The van der Waals surface area contributed by atoms with Gasteiger partial charge in [0.1, 0.15) is 0 Å². The Morgan fingerprint density at radius 3 is 1.72 bits per heavy atom. The number of imidazole rings is 1. The molecule has 0 amide bonds. The van der Waals surface area contributed by atoms with E-state index in [1.54, 1.807) is 0 Å². The number of nitrogens with zero attached hydrogens (tertiary/aromatic N) is 3. The Labute approximate surface area is 188 Å². The molecule has 3 heteroatoms. The van der Waals surface area contributed by atoms with E-state index in [0.717, 1.165) is 18.6 Å². The predicted molar refractivity (Wildman–Crippen MR) is 129 cm³/mol. The number of para-hydroxylation sites is 2. The number of rotatable bonds is 6. The van der Waals surface area contributed by atoms with Crippen molar-refractivity contribution in [3.8, 4) is 0 Å². The minimum absolute atomic E-state index is 0.329. The van der Waals surface area contributed by atoms with Crippen LogP contribution in [0.1, 0.15) is 16.7 Å². The molecule has 2 heterocycles. The first-order chi connectivity index (χ1) is 15.9. The van der Waals surface area contributed by atoms with Crippen molar-refractivity contribution in [2.45, 2.75) is 18.1 Å². The van der Waals surface area contributed by atoms with Gasteiger partial charge in [-0.25, -0.2) is 4.98 Å². The molecule has 6 rings (SSSR count). The van der Waals surface area contributed by atoms with Crippen LogP contribution in [0.2, 0.25) is 0 Å². The lowest BCUT2D eigenvalue weighted by molar-refractivity contribution is 0.311. The quantitative estimate of drug-likeness (QED) is 0.261. The van der Waals surface area contributed by atoms with E-state index in [1.807, 2.05) is 12.4 Å². The molecule has 32 heavy (non-hydrogen) atoms. The van der Waals surface area contributed by atoms with E-state index in [1.165, 1.54) is 22.2 Å². The molecule has 5 aromatic rings. The molecular weight excluding hydrogens is 390 g/mol. The third kappa shape index (κ3) is 3.05. The van der Waals surface area contributed by atoms with Gasteiger partial charge in [0.15, 0.2) is 0 Å². The lowest BCUT2D eigenvalue weighted by Crippen LogP contribution is -2.39. The number of hydrogen-bond donors (Lipinski definition) is 0. The summed E-state index contributed by atoms with van der Waals surface area (Å²) in [6, 6.07) is 41.6. The minimum atomic E-state index is -0.329. The largest absolute Gasteiger partial charge is 0.329 e. The topological polar surface area (TPSA) is 20.8 Å². The summed E-state index contributed by atoms with van der Waals surface area (Å²) in [5.74, 6) is 0. The Morgan fingerprint density at radius 2 is 1.16 bits per heavy atom. The van der Waals surface area contributed by atoms with Gasteiger partial charge in [0.05, 0.1) is 22.9 Å². The van der Waals surface area contributed by atoms with Crippen LogP contribution in [0.3, 0.4) is 0 Å². The van der Waals surface area contributed by atoms with Crippen LogP contribution in [0.5, 0.6) is 0 Å². The minimum Gasteiger partial charge on any atom is -0.329 e. The average Bonchev–Trinajstić information content (AvgIpc) is 3.51. The van der Waals surface area contributed by atoms with Crippen molar-refractivity contribution in [1.29, 1.82) is 0 Å². The molecule has 1 aliphatic heterocycles. The second kappa shape index (κ2) is 7.77. The third-order valence-corrected chi connectivity index (χ3v) is 6.65. The lowest BCUT2D eigenvalue weighted by atomic mass is 9.76. The fraction of sp³-hybridized carbons (Fsp3) is 0.138. The zero-order valence-electron chi connectivity index (χ0n) is 17.9. The highest BCUT2D eigenvalue weighted by Gasteiger charge is 2.53. The van der Waals surface area contributed by atoms with Gasteiger partial charge in [-0.1, -0.05) is 103 Å². The molecule has 0 aliphatic carbocycles. The SMILES string of the molecule is c1ccc(C(c2ccccc2)(c2ccccc2)N2C[C@H]2Cn2cnc3ccccc32)cc1. The van der Waals surface area contributed by atoms with Crippen LogP contribution >= 0.6 is 0 Å². The monoisotopic (exact) mass is 415 g/mol. The summed E-state index contributed by atoms with van der Waals surface area (Å²) in [5.41, 5.74) is 5.83. The van der Waals surface area contributed by atoms with Gasteiger partial charge in [0.2, 0.25) is 0 Å². The first-order valence-electron chi connectivity index (χ1n) is 11.2. The Bertz CT molecular complexity index is 1230. The van der Waals surface area contributed by atoms with E-state index in [9.17, 15) is 0 Å². The summed E-state index contributed by atoms with van der Waals surface area (Å²) in [6.07, 6.45) is 1.98. The van der Waals surface area contributed by atoms with Crippen molar-refractivity contribution >= 4 is 11.0 Å². The first-order valence-corrected chi connectivity index (χ1v) is 11.2. The van der Waals surface area contributed by atoms with Gasteiger partial charge in [-0.3, -0.25) is 4.90 Å². The number of hydrogen-bond acceptors (Lipinski definition) is 2. The molecule has 1 fully saturated rings. The van der Waals surface area contributed by atoms with Crippen LogP contribution in [-0.2, 0) is 12.1 Å². The molecule has 4 aromatic carbocycles. The van der Waals surface area contributed by atoms with Crippen molar-refractivity contribution in [3.05, 3.63) is 138 Å². The zero-order chi connectivity index (χ0) is 21.4. The van der Waals surface area contributed by atoms with Crippen molar-refractivity contribution < 1.29 is 0 Å². The van der Waals surface area contributed by atoms with Gasteiger partial charge >= 0.3 is 0 Å². The smallest absolute Gasteiger partial charge is 0.0976 e. The predicted octanol–water partition coefficient (Wildman–Crippen LogP) is 5.71. The Hall–Kier alpha value is -3.69. The average molecular weight is 416 g/mol. The molecule has 0 saturated carbocycles. The van der Waals surface area contributed by atoms with E-state index in [2.05, 4.69) is 124 Å². The number of benzene rings is 4. The second-order valence-electron chi connectivity index (χ2n) is 8.50. The van der Waals surface area contributed by atoms with Crippen LogP contribution < -0.4 is 0 Å². The zero-order valence-corrected chi connectivity index (χ0v) is 17.9. The number of fused-ring (bicyclic) bond motifs is 1. The van der Waals surface area contributed by atoms with Crippen LogP contribution in [-0.4, -0.2) is 27.0 Å². The summed E-state index contributed by atoms with van der Waals surface area (Å²) in [5, 5.41) is 0. The molecular formula is C29H25N3. The summed E-state index contributed by atoms with van der Waals surface area (Å²) < 4.78 is 2.30. The normalized spacial score (nSPS) is 18.0. The summed E-state index contributed by atoms with van der Waals surface area (Å²) in [4.78, 5) is 7.25. The van der Waals surface area contributed by atoms with Gasteiger partial charge in [-0.15, -0.1) is 0 Å². The van der Waals surface area contributed by atoms with Gasteiger partial charge in [-0.2, -0.15) is 0 Å². The van der Waals surface area contributed by atoms with Gasteiger partial charge < -0.3 is 4.57 Å². The standard InChI is InChI=1S/C29H25N3/c1-4-12-23(13-5-1)29(24-14-6-2-7-15-24,25-16-8-3-9-17-25)32-21-26(32)20-31-22-30-27-18-10-11-19-28(27)31/h1-19,22,26H,20-21H2/t26-,32?/m1/s1. The lowest BCUT2D eigenvalue weighted by Gasteiger charge is -2.38. The van der Waals surface area contributed by atoms with Gasteiger partial charge in [-0.05, 0) is 28.8 Å². The van der Waals surface area contributed by atoms with E-state index in [4.69, 9.17) is 0 Å². The molecule has 1 aromatic heterocycles. The molecule has 0 bridgehead atoms. The summed E-state index contributed by atoms with van der Waals surface area (Å²) in [7, 11) is 0. The van der Waals surface area contributed by atoms with Crippen LogP contribution in [0.4, 0.5) is 0 Å². The summed E-state index contributed by atoms with van der Waals surface area (Å²) >= 11 is 0. The Balaban J connectivity index is 1.48. The first kappa shape index (κ1) is 19.0. The molecule has 156 valence electrons. The third-order valence-electron chi connectivity index (χ3n) is 6.65. The maximum Gasteiger partial charge on any atom is 0.0976 e. The van der Waals surface area contributed by atoms with Crippen molar-refractivity contribution in [1.82, 2.24) is 14.5 Å².